The summed E-state index contributed by atoms with van der Waals surface area (Å²) >= 11 is 0.874. The molecule has 1 fully saturated rings. The Morgan fingerprint density at radius 2 is 1.72 bits per heavy atom. The summed E-state index contributed by atoms with van der Waals surface area (Å²) in [6.07, 6.45) is 5.72. The van der Waals surface area contributed by atoms with Crippen molar-refractivity contribution in [1.29, 1.82) is 0 Å². The Balaban J connectivity index is 1.53. The number of nitrogens with zero attached hydrogens (tertiary/aromatic N) is 2. The summed E-state index contributed by atoms with van der Waals surface area (Å²) in [5, 5.41) is 6.11. The molecule has 5 rings (SSSR count). The average molecular weight is 640 g/mol. The molecule has 1 aliphatic rings. The van der Waals surface area contributed by atoms with Gasteiger partial charge in [-0.3, -0.25) is 19.3 Å². The van der Waals surface area contributed by atoms with E-state index in [2.05, 4.69) is 15.0 Å². The molecule has 1 aliphatic carbocycles. The molecule has 0 radical (unpaired) electrons. The molecule has 0 saturated heterocycles. The quantitative estimate of drug-likeness (QED) is 0.180. The summed E-state index contributed by atoms with van der Waals surface area (Å²) in [4.78, 5) is 43.7. The van der Waals surface area contributed by atoms with E-state index in [4.69, 9.17) is 10.5 Å². The largest absolute Gasteiger partial charge is 0.497 e. The predicted molar refractivity (Wildman–Crippen MR) is 182 cm³/mol. The van der Waals surface area contributed by atoms with Crippen LogP contribution < -0.4 is 26.0 Å². The van der Waals surface area contributed by atoms with Crippen LogP contribution in [0.3, 0.4) is 0 Å². The highest BCUT2D eigenvalue weighted by atomic mass is 32.1. The molecule has 0 aliphatic heterocycles. The average Bonchev–Trinajstić information content (AvgIpc) is 3.46. The van der Waals surface area contributed by atoms with E-state index in [1.165, 1.54) is 4.90 Å². The molecule has 46 heavy (non-hydrogen) atoms. The van der Waals surface area contributed by atoms with Gasteiger partial charge >= 0.3 is 0 Å². The maximum absolute atomic E-state index is 14.7. The zero-order chi connectivity index (χ0) is 32.6. The molecule has 240 valence electrons. The Morgan fingerprint density at radius 1 is 1.00 bits per heavy atom. The minimum absolute atomic E-state index is 0.0107. The van der Waals surface area contributed by atoms with Crippen molar-refractivity contribution in [2.75, 3.05) is 24.3 Å². The van der Waals surface area contributed by atoms with Crippen LogP contribution in [0, 0.1) is 13.8 Å². The number of methoxy groups -OCH3 is 1. The lowest BCUT2D eigenvalue weighted by Crippen LogP contribution is -2.45. The highest BCUT2D eigenvalue weighted by Gasteiger charge is 2.37. The minimum Gasteiger partial charge on any atom is -0.497 e. The Kier molecular flexibility index (Phi) is 10.7. The Bertz CT molecular complexity index is 1670. The van der Waals surface area contributed by atoms with Crippen molar-refractivity contribution in [3.05, 3.63) is 106 Å². The first-order chi connectivity index (χ1) is 22.3. The summed E-state index contributed by atoms with van der Waals surface area (Å²) in [5.41, 5.74) is 10.5. The molecule has 1 atom stereocenters. The molecular weight excluding hydrogens is 598 g/mol. The van der Waals surface area contributed by atoms with Crippen LogP contribution in [0.5, 0.6) is 5.75 Å². The lowest BCUT2D eigenvalue weighted by atomic mass is 9.95. The van der Waals surface area contributed by atoms with Gasteiger partial charge in [-0.15, -0.1) is 0 Å². The van der Waals surface area contributed by atoms with Crippen LogP contribution in [-0.4, -0.2) is 41.8 Å². The molecule has 3 aromatic carbocycles. The Hall–Kier alpha value is -4.70. The molecule has 1 saturated carbocycles. The second-order valence-corrected chi connectivity index (χ2v) is 12.5. The maximum atomic E-state index is 14.7. The van der Waals surface area contributed by atoms with E-state index >= 15 is 0 Å². The number of aryl methyl sites for hydroxylation is 2. The van der Waals surface area contributed by atoms with Gasteiger partial charge in [0, 0.05) is 18.3 Å². The van der Waals surface area contributed by atoms with E-state index < -0.39 is 11.9 Å². The van der Waals surface area contributed by atoms with Crippen LogP contribution in [0.4, 0.5) is 11.4 Å². The normalized spacial score (nSPS) is 13.9. The van der Waals surface area contributed by atoms with Crippen LogP contribution in [0.25, 0.3) is 0 Å². The van der Waals surface area contributed by atoms with Crippen molar-refractivity contribution in [2.45, 2.75) is 64.5 Å². The number of amides is 3. The highest BCUT2D eigenvalue weighted by Crippen LogP contribution is 2.36. The standard InChI is InChI=1S/C36H41N5O4S/c1-23-14-15-24(2)29(22-23)41(36(44)33-30(37)31(40-46-33)34(42)39-27-12-8-5-9-13-27)32(26-16-18-28(45-3)19-17-26)35(43)38-21-20-25-10-6-4-7-11-25/h4,6-7,10-11,14-19,22,27,32H,5,8-9,12-13,20-21,37H2,1-3H3,(H,38,43)(H,39,42)/t32-/m1/s1. The molecule has 0 bridgehead atoms. The van der Waals surface area contributed by atoms with Gasteiger partial charge in [0.2, 0.25) is 5.91 Å². The Labute approximate surface area is 274 Å². The monoisotopic (exact) mass is 639 g/mol. The first-order valence-electron chi connectivity index (χ1n) is 15.7. The van der Waals surface area contributed by atoms with Gasteiger partial charge in [0.15, 0.2) is 5.69 Å². The van der Waals surface area contributed by atoms with E-state index in [0.717, 1.165) is 60.3 Å². The zero-order valence-corrected chi connectivity index (χ0v) is 27.4. The lowest BCUT2D eigenvalue weighted by Gasteiger charge is -2.32. The summed E-state index contributed by atoms with van der Waals surface area (Å²) in [6.45, 7) is 4.20. The molecule has 0 spiro atoms. The number of ether oxygens (including phenoxy) is 1. The van der Waals surface area contributed by atoms with Crippen molar-refractivity contribution in [3.8, 4) is 5.75 Å². The van der Waals surface area contributed by atoms with Crippen LogP contribution in [0.2, 0.25) is 0 Å². The summed E-state index contributed by atoms with van der Waals surface area (Å²) in [5.74, 6) is -0.631. The molecule has 1 heterocycles. The van der Waals surface area contributed by atoms with Gasteiger partial charge in [-0.2, -0.15) is 4.37 Å². The molecule has 3 amide bonds. The lowest BCUT2D eigenvalue weighted by molar-refractivity contribution is -0.122. The van der Waals surface area contributed by atoms with Gasteiger partial charge in [-0.25, -0.2) is 0 Å². The third-order valence-electron chi connectivity index (χ3n) is 8.41. The molecule has 4 N–H and O–H groups in total. The number of nitrogen functional groups attached to an aromatic ring is 1. The third kappa shape index (κ3) is 7.56. The van der Waals surface area contributed by atoms with Crippen molar-refractivity contribution >= 4 is 40.6 Å². The fraction of sp³-hybridized carbons (Fsp3) is 0.333. The van der Waals surface area contributed by atoms with Crippen molar-refractivity contribution < 1.29 is 19.1 Å². The summed E-state index contributed by atoms with van der Waals surface area (Å²) in [7, 11) is 1.57. The number of anilines is 2. The number of carbonyl (C=O) groups excluding carboxylic acids is 3. The van der Waals surface area contributed by atoms with E-state index in [0.29, 0.717) is 30.0 Å². The topological polar surface area (TPSA) is 127 Å². The maximum Gasteiger partial charge on any atom is 0.273 e. The molecule has 0 unspecified atom stereocenters. The van der Waals surface area contributed by atoms with Crippen molar-refractivity contribution in [3.63, 3.8) is 0 Å². The van der Waals surface area contributed by atoms with E-state index in [1.54, 1.807) is 31.4 Å². The van der Waals surface area contributed by atoms with Gasteiger partial charge < -0.3 is 21.1 Å². The van der Waals surface area contributed by atoms with Gasteiger partial charge in [-0.1, -0.05) is 73.9 Å². The number of carbonyl (C=O) groups is 3. The first-order valence-corrected chi connectivity index (χ1v) is 16.5. The van der Waals surface area contributed by atoms with Crippen LogP contribution in [0.15, 0.2) is 72.8 Å². The number of hydrogen-bond donors (Lipinski definition) is 3. The van der Waals surface area contributed by atoms with Crippen LogP contribution in [0.1, 0.15) is 80.6 Å². The van der Waals surface area contributed by atoms with Crippen LogP contribution >= 0.6 is 11.5 Å². The number of hydrogen-bond acceptors (Lipinski definition) is 7. The third-order valence-corrected chi connectivity index (χ3v) is 9.27. The Morgan fingerprint density at radius 3 is 2.41 bits per heavy atom. The smallest absolute Gasteiger partial charge is 0.273 e. The molecule has 9 nitrogen and oxygen atoms in total. The van der Waals surface area contributed by atoms with Gasteiger partial charge in [0.05, 0.1) is 12.8 Å². The van der Waals surface area contributed by atoms with E-state index in [9.17, 15) is 14.4 Å². The molecule has 4 aromatic rings. The van der Waals surface area contributed by atoms with Crippen LogP contribution in [-0.2, 0) is 11.2 Å². The fourth-order valence-electron chi connectivity index (χ4n) is 5.85. The first kappa shape index (κ1) is 32.7. The van der Waals surface area contributed by atoms with Crippen molar-refractivity contribution in [2.24, 2.45) is 0 Å². The second kappa shape index (κ2) is 15.1. The van der Waals surface area contributed by atoms with E-state index in [-0.39, 0.29) is 34.1 Å². The molecule has 1 aromatic heterocycles. The van der Waals surface area contributed by atoms with Gasteiger partial charge in [-0.05, 0) is 85.1 Å². The van der Waals surface area contributed by atoms with Gasteiger partial charge in [0.1, 0.15) is 16.7 Å². The SMILES string of the molecule is COc1ccc([C@H](C(=O)NCCc2ccccc2)N(C(=O)c2snc(C(=O)NC3CCCCC3)c2N)c2cc(C)ccc2C)cc1. The fourth-order valence-corrected chi connectivity index (χ4v) is 6.58. The molecular formula is C36H41N5O4S. The van der Waals surface area contributed by atoms with Gasteiger partial charge in [0.25, 0.3) is 11.8 Å². The summed E-state index contributed by atoms with van der Waals surface area (Å²) < 4.78 is 9.71. The number of benzene rings is 3. The van der Waals surface area contributed by atoms with Crippen molar-refractivity contribution in [1.82, 2.24) is 15.0 Å². The summed E-state index contributed by atoms with van der Waals surface area (Å²) in [6, 6.07) is 21.7. The number of nitrogens with one attached hydrogen (secondary N) is 2. The van der Waals surface area contributed by atoms with E-state index in [1.807, 2.05) is 62.4 Å². The number of rotatable bonds is 11. The second-order valence-electron chi connectivity index (χ2n) is 11.7. The number of nitrogens with two attached hydrogens (primary N) is 1. The minimum atomic E-state index is -1.06. The number of aromatic nitrogens is 1. The zero-order valence-electron chi connectivity index (χ0n) is 26.5. The predicted octanol–water partition coefficient (Wildman–Crippen LogP) is 6.16. The molecule has 10 heteroatoms. The highest BCUT2D eigenvalue weighted by molar-refractivity contribution is 7.09.